The van der Waals surface area contributed by atoms with Gasteiger partial charge in [-0.25, -0.2) is 0 Å². The van der Waals surface area contributed by atoms with E-state index in [1.165, 1.54) is 6.92 Å². The highest BCUT2D eigenvalue weighted by Crippen LogP contribution is 2.17. The molecule has 0 aromatic heterocycles. The van der Waals surface area contributed by atoms with Crippen molar-refractivity contribution in [3.63, 3.8) is 0 Å². The van der Waals surface area contributed by atoms with Crippen molar-refractivity contribution in [3.05, 3.63) is 0 Å². The zero-order valence-electron chi connectivity index (χ0n) is 11.4. The van der Waals surface area contributed by atoms with Gasteiger partial charge in [0.25, 0.3) is 0 Å². The van der Waals surface area contributed by atoms with E-state index in [0.717, 1.165) is 25.9 Å². The van der Waals surface area contributed by atoms with Gasteiger partial charge in [0, 0.05) is 32.2 Å². The Labute approximate surface area is 104 Å². The van der Waals surface area contributed by atoms with Gasteiger partial charge in [-0.3, -0.25) is 9.59 Å². The van der Waals surface area contributed by atoms with Crippen LogP contribution in [0, 0.1) is 0 Å². The van der Waals surface area contributed by atoms with Gasteiger partial charge in [-0.15, -0.1) is 0 Å². The number of carbonyl (C=O) groups excluding carboxylic acids is 2. The van der Waals surface area contributed by atoms with Crippen LogP contribution in [-0.2, 0) is 9.59 Å². The van der Waals surface area contributed by atoms with Gasteiger partial charge in [0.05, 0.1) is 6.42 Å². The quantitative estimate of drug-likeness (QED) is 0.695. The number of hydrogen-bond acceptors (Lipinski definition) is 3. The lowest BCUT2D eigenvalue weighted by molar-refractivity contribution is -0.136. The Morgan fingerprint density at radius 3 is 2.24 bits per heavy atom. The first-order valence-electron chi connectivity index (χ1n) is 6.41. The summed E-state index contributed by atoms with van der Waals surface area (Å²) in [6, 6.07) is 0.881. The lowest BCUT2D eigenvalue weighted by atomic mass is 10.0. The molecule has 4 nitrogen and oxygen atoms in total. The lowest BCUT2D eigenvalue weighted by Crippen LogP contribution is -2.47. The molecule has 0 aromatic rings. The van der Waals surface area contributed by atoms with Crippen molar-refractivity contribution in [2.24, 2.45) is 0 Å². The predicted octanol–water partition coefficient (Wildman–Crippen LogP) is 1.30. The monoisotopic (exact) mass is 240 g/mol. The maximum Gasteiger partial charge on any atom is 0.229 e. The lowest BCUT2D eigenvalue weighted by Gasteiger charge is -2.38. The van der Waals surface area contributed by atoms with Crippen molar-refractivity contribution in [2.45, 2.75) is 52.1 Å². The van der Waals surface area contributed by atoms with Gasteiger partial charge in [0.1, 0.15) is 5.78 Å². The van der Waals surface area contributed by atoms with Gasteiger partial charge < -0.3 is 9.80 Å². The zero-order valence-corrected chi connectivity index (χ0v) is 11.4. The summed E-state index contributed by atoms with van der Waals surface area (Å²) in [5.74, 6) is -0.0954. The second-order valence-corrected chi connectivity index (χ2v) is 5.24. The molecule has 0 atom stereocenters. The Kier molecular flexibility index (Phi) is 5.12. The minimum Gasteiger partial charge on any atom is -0.342 e. The summed E-state index contributed by atoms with van der Waals surface area (Å²) in [5, 5.41) is 0. The molecule has 0 saturated carbocycles. The topological polar surface area (TPSA) is 40.6 Å². The van der Waals surface area contributed by atoms with E-state index in [0.29, 0.717) is 12.1 Å². The number of carbonyl (C=O) groups is 2. The molecule has 0 spiro atoms. The van der Waals surface area contributed by atoms with Crippen molar-refractivity contribution in [2.75, 3.05) is 20.1 Å². The summed E-state index contributed by atoms with van der Waals surface area (Å²) in [7, 11) is 1.82. The Hall–Kier alpha value is -0.900. The van der Waals surface area contributed by atoms with Crippen LogP contribution < -0.4 is 0 Å². The summed E-state index contributed by atoms with van der Waals surface area (Å²) >= 11 is 0. The molecule has 0 bridgehead atoms. The van der Waals surface area contributed by atoms with E-state index in [-0.39, 0.29) is 18.1 Å². The van der Waals surface area contributed by atoms with Crippen LogP contribution in [0.15, 0.2) is 0 Å². The minimum atomic E-state index is -0.0542. The number of piperidine rings is 1. The molecule has 4 heteroatoms. The standard InChI is InChI=1S/C13H24N2O2/c1-10(2)15-7-5-12(6-8-15)14(4)13(17)9-11(3)16/h10,12H,5-9H2,1-4H3. The smallest absolute Gasteiger partial charge is 0.229 e. The molecule has 0 radical (unpaired) electrons. The fraction of sp³-hybridized carbons (Fsp3) is 0.846. The number of rotatable bonds is 4. The van der Waals surface area contributed by atoms with E-state index in [1.807, 2.05) is 7.05 Å². The van der Waals surface area contributed by atoms with Crippen LogP contribution in [0.4, 0.5) is 0 Å². The Morgan fingerprint density at radius 2 is 1.82 bits per heavy atom. The first kappa shape index (κ1) is 14.2. The summed E-state index contributed by atoms with van der Waals surface area (Å²) in [6.45, 7) is 7.95. The first-order valence-corrected chi connectivity index (χ1v) is 6.41. The van der Waals surface area contributed by atoms with Crippen molar-refractivity contribution >= 4 is 11.7 Å². The largest absolute Gasteiger partial charge is 0.342 e. The highest BCUT2D eigenvalue weighted by Gasteiger charge is 2.26. The first-order chi connectivity index (χ1) is 7.91. The van der Waals surface area contributed by atoms with Crippen molar-refractivity contribution in [1.82, 2.24) is 9.80 Å². The molecular weight excluding hydrogens is 216 g/mol. The highest BCUT2D eigenvalue weighted by molar-refractivity contribution is 5.96. The fourth-order valence-corrected chi connectivity index (χ4v) is 2.33. The molecule has 0 N–H and O–H groups in total. The average molecular weight is 240 g/mol. The summed E-state index contributed by atoms with van der Waals surface area (Å²) in [6.07, 6.45) is 2.07. The summed E-state index contributed by atoms with van der Waals surface area (Å²) in [5.41, 5.74) is 0. The molecule has 1 aliphatic rings. The van der Waals surface area contributed by atoms with Gasteiger partial charge in [0.2, 0.25) is 5.91 Å². The van der Waals surface area contributed by atoms with Gasteiger partial charge in [-0.1, -0.05) is 0 Å². The molecule has 1 heterocycles. The Balaban J connectivity index is 2.42. The minimum absolute atomic E-state index is 0.0412. The van der Waals surface area contributed by atoms with Crippen molar-refractivity contribution in [1.29, 1.82) is 0 Å². The van der Waals surface area contributed by atoms with Gasteiger partial charge in [-0.2, -0.15) is 0 Å². The Morgan fingerprint density at radius 1 is 1.29 bits per heavy atom. The third-order valence-electron chi connectivity index (χ3n) is 3.57. The number of hydrogen-bond donors (Lipinski definition) is 0. The van der Waals surface area contributed by atoms with Crippen molar-refractivity contribution < 1.29 is 9.59 Å². The van der Waals surface area contributed by atoms with E-state index in [4.69, 9.17) is 0 Å². The SMILES string of the molecule is CC(=O)CC(=O)N(C)C1CCN(C(C)C)CC1. The second-order valence-electron chi connectivity index (χ2n) is 5.24. The van der Waals surface area contributed by atoms with Gasteiger partial charge >= 0.3 is 0 Å². The van der Waals surface area contributed by atoms with Gasteiger partial charge in [-0.05, 0) is 33.6 Å². The molecule has 0 aliphatic carbocycles. The second kappa shape index (κ2) is 6.15. The van der Waals surface area contributed by atoms with Crippen molar-refractivity contribution in [3.8, 4) is 0 Å². The molecule has 1 fully saturated rings. The van der Waals surface area contributed by atoms with E-state index < -0.39 is 0 Å². The number of amides is 1. The van der Waals surface area contributed by atoms with E-state index in [1.54, 1.807) is 4.90 Å². The van der Waals surface area contributed by atoms with Crippen LogP contribution in [0.5, 0.6) is 0 Å². The molecule has 1 aliphatic heterocycles. The van der Waals surface area contributed by atoms with E-state index in [9.17, 15) is 9.59 Å². The summed E-state index contributed by atoms with van der Waals surface area (Å²) in [4.78, 5) is 26.9. The van der Waals surface area contributed by atoms with Crippen LogP contribution in [-0.4, -0.2) is 53.7 Å². The number of Topliss-reactive ketones (excluding diaryl/α,β-unsaturated/α-hetero) is 1. The highest BCUT2D eigenvalue weighted by atomic mass is 16.2. The fourth-order valence-electron chi connectivity index (χ4n) is 2.33. The molecule has 0 aromatic carbocycles. The predicted molar refractivity (Wildman–Crippen MR) is 67.8 cm³/mol. The molecular formula is C13H24N2O2. The number of nitrogens with zero attached hydrogens (tertiary/aromatic N) is 2. The molecule has 0 unspecified atom stereocenters. The van der Waals surface area contributed by atoms with Crippen LogP contribution >= 0.6 is 0 Å². The molecule has 17 heavy (non-hydrogen) atoms. The van der Waals surface area contributed by atoms with E-state index in [2.05, 4.69) is 18.7 Å². The summed E-state index contributed by atoms with van der Waals surface area (Å²) < 4.78 is 0. The number of ketones is 1. The van der Waals surface area contributed by atoms with Crippen LogP contribution in [0.3, 0.4) is 0 Å². The van der Waals surface area contributed by atoms with E-state index >= 15 is 0 Å². The van der Waals surface area contributed by atoms with Crippen LogP contribution in [0.25, 0.3) is 0 Å². The molecule has 98 valence electrons. The third kappa shape index (κ3) is 4.11. The molecule has 1 amide bonds. The third-order valence-corrected chi connectivity index (χ3v) is 3.57. The molecule has 1 saturated heterocycles. The Bertz CT molecular complexity index is 281. The maximum atomic E-state index is 11.8. The van der Waals surface area contributed by atoms with Gasteiger partial charge in [0.15, 0.2) is 0 Å². The molecule has 1 rings (SSSR count). The zero-order chi connectivity index (χ0) is 13.0. The normalized spacial score (nSPS) is 18.4. The van der Waals surface area contributed by atoms with Crippen LogP contribution in [0.2, 0.25) is 0 Å². The number of likely N-dealkylation sites (tertiary alicyclic amines) is 1. The average Bonchev–Trinajstić information content (AvgIpc) is 2.27. The van der Waals surface area contributed by atoms with Crippen LogP contribution in [0.1, 0.15) is 40.0 Å². The maximum absolute atomic E-state index is 11.8.